The summed E-state index contributed by atoms with van der Waals surface area (Å²) in [6.45, 7) is 4.43. The van der Waals surface area contributed by atoms with Gasteiger partial charge in [-0.3, -0.25) is 14.8 Å². The van der Waals surface area contributed by atoms with Crippen molar-refractivity contribution in [1.82, 2.24) is 19.9 Å². The summed E-state index contributed by atoms with van der Waals surface area (Å²) in [5, 5.41) is 6.67. The number of fused-ring (bicyclic) bond motifs is 1. The summed E-state index contributed by atoms with van der Waals surface area (Å²) < 4.78 is 18.4. The maximum absolute atomic E-state index is 13.0. The van der Waals surface area contributed by atoms with Crippen LogP contribution < -0.4 is 15.5 Å². The van der Waals surface area contributed by atoms with Crippen molar-refractivity contribution in [3.63, 3.8) is 0 Å². The Kier molecular flexibility index (Phi) is 6.76. The van der Waals surface area contributed by atoms with Crippen LogP contribution in [0, 0.1) is 0 Å². The van der Waals surface area contributed by atoms with Gasteiger partial charge in [-0.1, -0.05) is 0 Å². The summed E-state index contributed by atoms with van der Waals surface area (Å²) in [5.41, 5.74) is 4.12. The predicted octanol–water partition coefficient (Wildman–Crippen LogP) is 4.48. The molecule has 4 heterocycles. The Morgan fingerprint density at radius 2 is 1.81 bits per heavy atom. The van der Waals surface area contributed by atoms with Crippen LogP contribution in [0.5, 0.6) is 0 Å². The lowest BCUT2D eigenvalue weighted by Gasteiger charge is -2.28. The minimum absolute atomic E-state index is 0.420. The fourth-order valence-electron chi connectivity index (χ4n) is 3.91. The number of aromatic nitrogens is 4. The lowest BCUT2D eigenvalue weighted by atomic mass is 10.1. The molecule has 0 spiro atoms. The Morgan fingerprint density at radius 3 is 2.58 bits per heavy atom. The van der Waals surface area contributed by atoms with Gasteiger partial charge < -0.3 is 20.3 Å². The number of morpholine rings is 1. The van der Waals surface area contributed by atoms with Crippen LogP contribution >= 0.6 is 0 Å². The summed E-state index contributed by atoms with van der Waals surface area (Å²) in [7, 11) is 0. The number of benzene rings is 1. The van der Waals surface area contributed by atoms with E-state index < -0.39 is 11.7 Å². The van der Waals surface area contributed by atoms with Crippen molar-refractivity contribution < 1.29 is 13.9 Å². The number of amides is 1. The zero-order chi connectivity index (χ0) is 24.9. The van der Waals surface area contributed by atoms with Crippen LogP contribution in [0.4, 0.5) is 27.4 Å². The van der Waals surface area contributed by atoms with Gasteiger partial charge in [-0.05, 0) is 49.4 Å². The largest absolute Gasteiger partial charge is 0.378 e. The van der Waals surface area contributed by atoms with Crippen molar-refractivity contribution in [2.24, 2.45) is 0 Å². The van der Waals surface area contributed by atoms with Crippen LogP contribution in [-0.4, -0.2) is 52.1 Å². The highest BCUT2D eigenvalue weighted by atomic mass is 19.1. The number of halogens is 1. The maximum atomic E-state index is 13.0. The molecule has 2 N–H and O–H groups in total. The van der Waals surface area contributed by atoms with Gasteiger partial charge in [-0.2, -0.15) is 0 Å². The Labute approximate surface area is 207 Å². The molecule has 0 saturated carbocycles. The zero-order valence-corrected chi connectivity index (χ0v) is 19.6. The molecule has 4 aromatic rings. The summed E-state index contributed by atoms with van der Waals surface area (Å²) in [5.74, 6) is -0.722. The van der Waals surface area contributed by atoms with Crippen LogP contribution in [0.25, 0.3) is 22.3 Å². The number of nitrogens with one attached hydrogen (secondary N) is 2. The normalized spacial score (nSPS) is 14.1. The molecule has 1 aliphatic heterocycles. The maximum Gasteiger partial charge on any atom is 0.250 e. The smallest absolute Gasteiger partial charge is 0.250 e. The van der Waals surface area contributed by atoms with Crippen LogP contribution in [0.1, 0.15) is 6.92 Å². The molecule has 36 heavy (non-hydrogen) atoms. The molecule has 9 nitrogen and oxygen atoms in total. The molecule has 10 heteroatoms. The van der Waals surface area contributed by atoms with E-state index in [2.05, 4.69) is 42.6 Å². The second kappa shape index (κ2) is 10.4. The summed E-state index contributed by atoms with van der Waals surface area (Å²) in [6.07, 6.45) is 5.81. The second-order valence-corrected chi connectivity index (χ2v) is 8.21. The monoisotopic (exact) mass is 485 g/mol. The van der Waals surface area contributed by atoms with E-state index in [1.165, 1.54) is 6.92 Å². The minimum Gasteiger partial charge on any atom is -0.378 e. The number of anilines is 4. The van der Waals surface area contributed by atoms with Crippen molar-refractivity contribution in [3.8, 4) is 11.4 Å². The molecule has 0 bridgehead atoms. The molecule has 182 valence electrons. The number of carbonyl (C=O) groups is 1. The first-order valence-corrected chi connectivity index (χ1v) is 11.5. The molecule has 0 atom stereocenters. The fourth-order valence-corrected chi connectivity index (χ4v) is 3.91. The molecule has 1 fully saturated rings. The van der Waals surface area contributed by atoms with E-state index in [0.29, 0.717) is 28.5 Å². The number of allylic oxidation sites excluding steroid dienone is 1. The molecule has 0 unspecified atom stereocenters. The number of ether oxygens (including phenoxy) is 1. The van der Waals surface area contributed by atoms with Crippen molar-refractivity contribution in [2.75, 3.05) is 41.8 Å². The molecule has 5 rings (SSSR count). The van der Waals surface area contributed by atoms with Gasteiger partial charge in [0.1, 0.15) is 17.0 Å². The Bertz CT molecular complexity index is 1420. The SMILES string of the molecule is C/C(F)=C\C(=O)Nc1ccnc(-c2nccc3cnc(Nc4ccc(N5CCOCC5)cc4)nc23)c1. The standard InChI is InChI=1S/C26H24FN7O2/c1-17(27)14-23(35)31-20-7-9-28-22(15-20)25-24-18(6-8-29-25)16-30-26(33-24)32-19-2-4-21(5-3-19)34-10-12-36-13-11-34/h2-9,14-16H,10-13H2,1H3,(H,28,31,35)(H,30,32,33)/b17-14+. The van der Waals surface area contributed by atoms with Crippen molar-refractivity contribution in [2.45, 2.75) is 6.92 Å². The molecule has 1 aliphatic rings. The topological polar surface area (TPSA) is 105 Å². The molecular formula is C26H24FN7O2. The highest BCUT2D eigenvalue weighted by molar-refractivity contribution is 6.00. The highest BCUT2D eigenvalue weighted by Gasteiger charge is 2.13. The molecule has 1 aromatic carbocycles. The predicted molar refractivity (Wildman–Crippen MR) is 137 cm³/mol. The Balaban J connectivity index is 1.39. The van der Waals surface area contributed by atoms with E-state index in [9.17, 15) is 9.18 Å². The van der Waals surface area contributed by atoms with E-state index in [4.69, 9.17) is 9.72 Å². The van der Waals surface area contributed by atoms with Crippen LogP contribution in [-0.2, 0) is 9.53 Å². The van der Waals surface area contributed by atoms with Crippen molar-refractivity contribution in [3.05, 3.63) is 73.0 Å². The van der Waals surface area contributed by atoms with Gasteiger partial charge >= 0.3 is 0 Å². The van der Waals surface area contributed by atoms with E-state index >= 15 is 0 Å². The summed E-state index contributed by atoms with van der Waals surface area (Å²) in [6, 6.07) is 13.2. The van der Waals surface area contributed by atoms with Gasteiger partial charge in [0.15, 0.2) is 0 Å². The van der Waals surface area contributed by atoms with Gasteiger partial charge in [-0.15, -0.1) is 0 Å². The van der Waals surface area contributed by atoms with E-state index in [1.807, 2.05) is 18.2 Å². The molecular weight excluding hydrogens is 461 g/mol. The molecule has 3 aromatic heterocycles. The van der Waals surface area contributed by atoms with E-state index in [1.54, 1.807) is 30.7 Å². The van der Waals surface area contributed by atoms with E-state index in [-0.39, 0.29) is 0 Å². The zero-order valence-electron chi connectivity index (χ0n) is 19.6. The first-order chi connectivity index (χ1) is 17.5. The third-order valence-corrected chi connectivity index (χ3v) is 5.60. The van der Waals surface area contributed by atoms with Crippen LogP contribution in [0.2, 0.25) is 0 Å². The van der Waals surface area contributed by atoms with Gasteiger partial charge in [-0.25, -0.2) is 14.4 Å². The summed E-state index contributed by atoms with van der Waals surface area (Å²) >= 11 is 0. The van der Waals surface area contributed by atoms with Gasteiger partial charge in [0.2, 0.25) is 5.95 Å². The lowest BCUT2D eigenvalue weighted by molar-refractivity contribution is -0.112. The van der Waals surface area contributed by atoms with Crippen LogP contribution in [0.3, 0.4) is 0 Å². The number of nitrogens with zero attached hydrogens (tertiary/aromatic N) is 5. The quantitative estimate of drug-likeness (QED) is 0.385. The fraction of sp³-hybridized carbons (Fsp3) is 0.192. The molecule has 0 radical (unpaired) electrons. The highest BCUT2D eigenvalue weighted by Crippen LogP contribution is 2.27. The number of hydrogen-bond donors (Lipinski definition) is 2. The van der Waals surface area contributed by atoms with Gasteiger partial charge in [0.05, 0.1) is 18.9 Å². The third kappa shape index (κ3) is 5.44. The Morgan fingerprint density at radius 1 is 1.03 bits per heavy atom. The first kappa shape index (κ1) is 23.3. The molecule has 1 saturated heterocycles. The second-order valence-electron chi connectivity index (χ2n) is 8.21. The average molecular weight is 486 g/mol. The first-order valence-electron chi connectivity index (χ1n) is 11.5. The number of carbonyl (C=O) groups excluding carboxylic acids is 1. The number of rotatable bonds is 6. The van der Waals surface area contributed by atoms with Crippen molar-refractivity contribution >= 4 is 39.8 Å². The molecule has 0 aliphatic carbocycles. The van der Waals surface area contributed by atoms with E-state index in [0.717, 1.165) is 49.1 Å². The number of pyridine rings is 2. The van der Waals surface area contributed by atoms with Crippen molar-refractivity contribution in [1.29, 1.82) is 0 Å². The average Bonchev–Trinajstić information content (AvgIpc) is 2.89. The van der Waals surface area contributed by atoms with Crippen LogP contribution in [0.15, 0.2) is 73.0 Å². The van der Waals surface area contributed by atoms with Gasteiger partial charge in [0, 0.05) is 60.2 Å². The minimum atomic E-state index is -0.579. The number of hydrogen-bond acceptors (Lipinski definition) is 8. The lowest BCUT2D eigenvalue weighted by Crippen LogP contribution is -2.36. The molecule has 1 amide bonds. The summed E-state index contributed by atoms with van der Waals surface area (Å²) in [4.78, 5) is 32.2. The third-order valence-electron chi connectivity index (χ3n) is 5.60. The van der Waals surface area contributed by atoms with Gasteiger partial charge in [0.25, 0.3) is 5.91 Å². The Hall–Kier alpha value is -4.44.